The zero-order valence-electron chi connectivity index (χ0n) is 16.8. The summed E-state index contributed by atoms with van der Waals surface area (Å²) < 4.78 is 23.5. The molecule has 156 valence electrons. The number of carbonyl (C=O) groups excluding carboxylic acids is 2. The van der Waals surface area contributed by atoms with Crippen LogP contribution in [0.1, 0.15) is 51.5 Å². The number of rotatable bonds is 10. The van der Waals surface area contributed by atoms with E-state index in [0.29, 0.717) is 32.2 Å². The average Bonchev–Trinajstić information content (AvgIpc) is 3.12. The summed E-state index contributed by atoms with van der Waals surface area (Å²) in [6.07, 6.45) is 3.77. The Labute approximate surface area is 167 Å². The van der Waals surface area contributed by atoms with Crippen molar-refractivity contribution in [3.05, 3.63) is 29.8 Å². The van der Waals surface area contributed by atoms with Gasteiger partial charge in [-0.2, -0.15) is 0 Å². The fraction of sp³-hybridized carbons (Fsp3) is 0.600. The van der Waals surface area contributed by atoms with E-state index >= 15 is 0 Å². The first-order valence-corrected chi connectivity index (χ1v) is 11.6. The fourth-order valence-corrected chi connectivity index (χ4v) is 4.33. The molecule has 0 saturated carbocycles. The molecule has 1 saturated heterocycles. The Kier molecular flexibility index (Phi) is 7.86. The van der Waals surface area contributed by atoms with Gasteiger partial charge in [-0.1, -0.05) is 18.6 Å². The molecule has 7 nitrogen and oxygen atoms in total. The Balaban J connectivity index is 1.75. The van der Waals surface area contributed by atoms with Gasteiger partial charge in [-0.15, -0.1) is 0 Å². The van der Waals surface area contributed by atoms with E-state index in [-0.39, 0.29) is 16.8 Å². The second-order valence-electron chi connectivity index (χ2n) is 7.55. The molecule has 0 atom stereocenters. The number of primary amides is 1. The van der Waals surface area contributed by atoms with Gasteiger partial charge in [0.2, 0.25) is 0 Å². The maximum absolute atomic E-state index is 12.2. The van der Waals surface area contributed by atoms with E-state index in [1.165, 1.54) is 5.01 Å². The quantitative estimate of drug-likeness (QED) is 0.599. The highest BCUT2D eigenvalue weighted by molar-refractivity contribution is 7.91. The molecule has 2 amide bonds. The van der Waals surface area contributed by atoms with Crippen LogP contribution in [0.3, 0.4) is 0 Å². The Morgan fingerprint density at radius 1 is 1.07 bits per heavy atom. The third kappa shape index (κ3) is 6.22. The largest absolute Gasteiger partial charge is 0.350 e. The number of sulfone groups is 1. The lowest BCUT2D eigenvalue weighted by Crippen LogP contribution is -2.44. The summed E-state index contributed by atoms with van der Waals surface area (Å²) in [4.78, 5) is 23.6. The van der Waals surface area contributed by atoms with Gasteiger partial charge in [0.1, 0.15) is 5.78 Å². The van der Waals surface area contributed by atoms with Crippen LogP contribution in [0.15, 0.2) is 24.3 Å². The van der Waals surface area contributed by atoms with Crippen molar-refractivity contribution < 1.29 is 18.0 Å². The predicted molar refractivity (Wildman–Crippen MR) is 111 cm³/mol. The first-order chi connectivity index (χ1) is 13.2. The number of hydrogen-bond donors (Lipinski definition) is 1. The lowest BCUT2D eigenvalue weighted by atomic mass is 10.0. The lowest BCUT2D eigenvalue weighted by molar-refractivity contribution is -0.118. The maximum Gasteiger partial charge on any atom is 0.333 e. The topological polar surface area (TPSA) is 101 Å². The molecule has 2 rings (SSSR count). The SMILES string of the molecule is CC(C)S(=O)(=O)CCCCCC(=O)Cc1ccc(N2CCCN2C(N)=O)cc1. The summed E-state index contributed by atoms with van der Waals surface area (Å²) >= 11 is 0. The number of ketones is 1. The number of hydrazine groups is 1. The minimum absolute atomic E-state index is 0.152. The molecule has 1 aromatic carbocycles. The Morgan fingerprint density at radius 2 is 1.75 bits per heavy atom. The number of amides is 2. The normalized spacial score (nSPS) is 14.7. The van der Waals surface area contributed by atoms with Gasteiger partial charge in [-0.05, 0) is 50.8 Å². The monoisotopic (exact) mass is 409 g/mol. The van der Waals surface area contributed by atoms with Gasteiger partial charge in [0, 0.05) is 25.9 Å². The first-order valence-electron chi connectivity index (χ1n) is 9.87. The van der Waals surface area contributed by atoms with Crippen LogP contribution < -0.4 is 10.7 Å². The standard InChI is InChI=1S/C20H31N3O4S/c1-16(2)28(26,27)14-5-3-4-7-19(24)15-17-8-10-18(11-9-17)22-12-6-13-23(22)20(21)25/h8-11,16H,3-7,12-15H2,1-2H3,(H2,21,25). The number of Topliss-reactive ketones (excluding diaryl/α,β-unsaturated/α-hetero) is 1. The summed E-state index contributed by atoms with van der Waals surface area (Å²) in [6, 6.07) is 7.15. The lowest BCUT2D eigenvalue weighted by Gasteiger charge is -2.28. The maximum atomic E-state index is 12.2. The van der Waals surface area contributed by atoms with E-state index < -0.39 is 15.9 Å². The van der Waals surface area contributed by atoms with Crippen LogP contribution >= 0.6 is 0 Å². The van der Waals surface area contributed by atoms with E-state index in [1.807, 2.05) is 29.3 Å². The van der Waals surface area contributed by atoms with E-state index in [1.54, 1.807) is 13.8 Å². The van der Waals surface area contributed by atoms with Crippen molar-refractivity contribution in [3.8, 4) is 0 Å². The minimum atomic E-state index is -2.99. The number of urea groups is 1. The molecule has 8 heteroatoms. The third-order valence-corrected chi connectivity index (χ3v) is 7.32. The van der Waals surface area contributed by atoms with Crippen molar-refractivity contribution >= 4 is 27.3 Å². The van der Waals surface area contributed by atoms with Gasteiger partial charge in [-0.3, -0.25) is 9.80 Å². The Hall–Kier alpha value is -2.09. The highest BCUT2D eigenvalue weighted by Crippen LogP contribution is 2.22. The molecule has 0 unspecified atom stereocenters. The number of anilines is 1. The highest BCUT2D eigenvalue weighted by atomic mass is 32.2. The van der Waals surface area contributed by atoms with Crippen LogP contribution in [0.4, 0.5) is 10.5 Å². The number of unbranched alkanes of at least 4 members (excludes halogenated alkanes) is 2. The molecule has 0 spiro atoms. The number of nitrogens with zero attached hydrogens (tertiary/aromatic N) is 2. The number of carbonyl (C=O) groups is 2. The van der Waals surface area contributed by atoms with Crippen molar-refractivity contribution in [2.45, 2.75) is 57.6 Å². The van der Waals surface area contributed by atoms with Crippen LogP contribution in [0.25, 0.3) is 0 Å². The minimum Gasteiger partial charge on any atom is -0.350 e. The van der Waals surface area contributed by atoms with E-state index in [4.69, 9.17) is 5.73 Å². The van der Waals surface area contributed by atoms with Crippen molar-refractivity contribution in [1.29, 1.82) is 0 Å². The zero-order chi connectivity index (χ0) is 20.7. The molecule has 0 radical (unpaired) electrons. The molecular formula is C20H31N3O4S. The van der Waals surface area contributed by atoms with E-state index in [0.717, 1.165) is 30.6 Å². The summed E-state index contributed by atoms with van der Waals surface area (Å²) in [5.74, 6) is 0.346. The molecular weight excluding hydrogens is 378 g/mol. The number of hydrogen-bond acceptors (Lipinski definition) is 5. The summed E-state index contributed by atoms with van der Waals surface area (Å²) in [6.45, 7) is 4.75. The van der Waals surface area contributed by atoms with Gasteiger partial charge in [0.15, 0.2) is 9.84 Å². The van der Waals surface area contributed by atoms with Gasteiger partial charge in [0.05, 0.1) is 16.7 Å². The van der Waals surface area contributed by atoms with E-state index in [2.05, 4.69) is 0 Å². The number of nitrogens with two attached hydrogens (primary N) is 1. The van der Waals surface area contributed by atoms with Crippen molar-refractivity contribution in [2.24, 2.45) is 5.73 Å². The summed E-state index contributed by atoms with van der Waals surface area (Å²) in [7, 11) is -2.99. The molecule has 0 aliphatic carbocycles. The van der Waals surface area contributed by atoms with Gasteiger partial charge >= 0.3 is 6.03 Å². The smallest absolute Gasteiger partial charge is 0.333 e. The van der Waals surface area contributed by atoms with Crippen molar-refractivity contribution in [2.75, 3.05) is 23.9 Å². The van der Waals surface area contributed by atoms with Crippen LogP contribution in [-0.2, 0) is 21.1 Å². The summed E-state index contributed by atoms with van der Waals surface area (Å²) in [5, 5.41) is 3.05. The van der Waals surface area contributed by atoms with Crippen molar-refractivity contribution in [1.82, 2.24) is 5.01 Å². The Morgan fingerprint density at radius 3 is 2.36 bits per heavy atom. The van der Waals surface area contributed by atoms with Gasteiger partial charge in [-0.25, -0.2) is 18.2 Å². The fourth-order valence-electron chi connectivity index (χ4n) is 3.25. The third-order valence-electron chi connectivity index (χ3n) is 5.02. The van der Waals surface area contributed by atoms with Crippen molar-refractivity contribution in [3.63, 3.8) is 0 Å². The molecule has 1 aliphatic rings. The molecule has 1 fully saturated rings. The first kappa shape index (κ1) is 22.2. The molecule has 0 bridgehead atoms. The molecule has 1 aromatic rings. The molecule has 0 aromatic heterocycles. The summed E-state index contributed by atoms with van der Waals surface area (Å²) in [5.41, 5.74) is 7.21. The second kappa shape index (κ2) is 9.91. The second-order valence-corrected chi connectivity index (χ2v) is 10.2. The molecule has 1 heterocycles. The van der Waals surface area contributed by atoms with Crippen LogP contribution in [0, 0.1) is 0 Å². The predicted octanol–water partition coefficient (Wildman–Crippen LogP) is 2.69. The van der Waals surface area contributed by atoms with Crippen LogP contribution in [0.5, 0.6) is 0 Å². The highest BCUT2D eigenvalue weighted by Gasteiger charge is 2.25. The van der Waals surface area contributed by atoms with Crippen LogP contribution in [0.2, 0.25) is 0 Å². The van der Waals surface area contributed by atoms with E-state index in [9.17, 15) is 18.0 Å². The average molecular weight is 410 g/mol. The zero-order valence-corrected chi connectivity index (χ0v) is 17.6. The van der Waals surface area contributed by atoms with Gasteiger partial charge in [0.25, 0.3) is 0 Å². The Bertz CT molecular complexity index is 775. The molecule has 2 N–H and O–H groups in total. The molecule has 28 heavy (non-hydrogen) atoms. The number of benzene rings is 1. The van der Waals surface area contributed by atoms with Gasteiger partial charge < -0.3 is 5.73 Å². The molecule has 1 aliphatic heterocycles. The van der Waals surface area contributed by atoms with Crippen LogP contribution in [-0.4, -0.2) is 49.3 Å².